The highest BCUT2D eigenvalue weighted by molar-refractivity contribution is 6.35. The third kappa shape index (κ3) is 3.08. The van der Waals surface area contributed by atoms with Crippen LogP contribution < -0.4 is 5.32 Å². The predicted octanol–water partition coefficient (Wildman–Crippen LogP) is 3.77. The molecule has 0 bridgehead atoms. The molecule has 4 rings (SSSR count). The highest BCUT2D eigenvalue weighted by Gasteiger charge is 2.23. The molecule has 1 aliphatic rings. The molecular formula is C19H17ClN4O2. The van der Waals surface area contributed by atoms with Gasteiger partial charge in [-0.25, -0.2) is 9.97 Å². The Bertz CT molecular complexity index is 988. The Kier molecular flexibility index (Phi) is 4.42. The summed E-state index contributed by atoms with van der Waals surface area (Å²) in [5.41, 5.74) is 1.50. The van der Waals surface area contributed by atoms with Crippen molar-refractivity contribution in [1.82, 2.24) is 15.0 Å². The zero-order valence-electron chi connectivity index (χ0n) is 14.0. The van der Waals surface area contributed by atoms with E-state index in [1.165, 1.54) is 6.33 Å². The number of aromatic nitrogens is 3. The summed E-state index contributed by atoms with van der Waals surface area (Å²) in [5.74, 6) is 0.719. The molecule has 6 nitrogen and oxygen atoms in total. The number of carbonyl (C=O) groups excluding carboxylic acids is 2. The van der Waals surface area contributed by atoms with Crippen LogP contribution in [0.1, 0.15) is 41.6 Å². The maximum absolute atomic E-state index is 13.0. The van der Waals surface area contributed by atoms with Gasteiger partial charge in [-0.05, 0) is 25.0 Å². The molecule has 3 aromatic rings. The number of aromatic amines is 1. The number of nitrogens with zero attached hydrogens (tertiary/aromatic N) is 2. The molecule has 132 valence electrons. The summed E-state index contributed by atoms with van der Waals surface area (Å²) in [6, 6.07) is 7.12. The Hall–Kier alpha value is -2.73. The van der Waals surface area contributed by atoms with Crippen molar-refractivity contribution < 1.29 is 9.59 Å². The Labute approximate surface area is 155 Å². The van der Waals surface area contributed by atoms with E-state index in [-0.39, 0.29) is 11.8 Å². The van der Waals surface area contributed by atoms with Gasteiger partial charge in [-0.3, -0.25) is 9.59 Å². The third-order valence-corrected chi connectivity index (χ3v) is 5.05. The van der Waals surface area contributed by atoms with Crippen LogP contribution in [0.4, 0.5) is 5.82 Å². The minimum Gasteiger partial charge on any atom is -0.367 e. The van der Waals surface area contributed by atoms with E-state index < -0.39 is 0 Å². The summed E-state index contributed by atoms with van der Waals surface area (Å²) in [5, 5.41) is 4.44. The molecule has 0 radical (unpaired) electrons. The molecular weight excluding hydrogens is 352 g/mol. The van der Waals surface area contributed by atoms with Gasteiger partial charge in [0.25, 0.3) is 0 Å². The van der Waals surface area contributed by atoms with E-state index >= 15 is 0 Å². The molecule has 2 aromatic heterocycles. The number of hydrogen-bond donors (Lipinski definition) is 2. The average molecular weight is 369 g/mol. The van der Waals surface area contributed by atoms with Gasteiger partial charge in [0.2, 0.25) is 0 Å². The normalized spacial score (nSPS) is 15.3. The predicted molar refractivity (Wildman–Crippen MR) is 99.7 cm³/mol. The van der Waals surface area contributed by atoms with Crippen LogP contribution in [0, 0.1) is 0 Å². The lowest BCUT2D eigenvalue weighted by atomic mass is 9.94. The fourth-order valence-electron chi connectivity index (χ4n) is 3.32. The van der Waals surface area contributed by atoms with E-state index in [0.717, 1.165) is 12.8 Å². The fraction of sp³-hybridized carbons (Fsp3) is 0.263. The Morgan fingerprint density at radius 1 is 1.15 bits per heavy atom. The molecule has 1 aromatic carbocycles. The zero-order chi connectivity index (χ0) is 18.1. The van der Waals surface area contributed by atoms with Gasteiger partial charge in [0.1, 0.15) is 23.6 Å². The van der Waals surface area contributed by atoms with Crippen LogP contribution in [0.25, 0.3) is 11.0 Å². The van der Waals surface area contributed by atoms with E-state index in [1.807, 2.05) is 0 Å². The lowest BCUT2D eigenvalue weighted by Crippen LogP contribution is -2.26. The molecule has 0 atom stereocenters. The topological polar surface area (TPSA) is 87.7 Å². The maximum atomic E-state index is 13.0. The van der Waals surface area contributed by atoms with E-state index in [9.17, 15) is 9.59 Å². The first-order chi connectivity index (χ1) is 12.6. The van der Waals surface area contributed by atoms with Gasteiger partial charge in [-0.15, -0.1) is 0 Å². The molecule has 26 heavy (non-hydrogen) atoms. The average Bonchev–Trinajstić information content (AvgIpc) is 3.09. The quantitative estimate of drug-likeness (QED) is 0.684. The molecule has 1 fully saturated rings. The van der Waals surface area contributed by atoms with E-state index in [4.69, 9.17) is 11.6 Å². The second-order valence-electron chi connectivity index (χ2n) is 6.41. The number of H-pyrrole nitrogens is 1. The van der Waals surface area contributed by atoms with Crippen molar-refractivity contribution in [2.45, 2.75) is 31.7 Å². The maximum Gasteiger partial charge on any atom is 0.196 e. The van der Waals surface area contributed by atoms with Crippen LogP contribution in [0.15, 0.2) is 36.8 Å². The largest absolute Gasteiger partial charge is 0.367 e. The fourth-order valence-corrected chi connectivity index (χ4v) is 3.54. The molecule has 7 heteroatoms. The van der Waals surface area contributed by atoms with Gasteiger partial charge >= 0.3 is 0 Å². The molecule has 0 aliphatic heterocycles. The number of halogens is 1. The number of Topliss-reactive ketones (excluding diaryl/α,β-unsaturated/α-hetero) is 1. The number of fused-ring (bicyclic) bond motifs is 1. The Morgan fingerprint density at radius 2 is 1.92 bits per heavy atom. The minimum atomic E-state index is -0.182. The van der Waals surface area contributed by atoms with Gasteiger partial charge in [-0.2, -0.15) is 0 Å². The van der Waals surface area contributed by atoms with Crippen molar-refractivity contribution in [3.63, 3.8) is 0 Å². The highest BCUT2D eigenvalue weighted by Crippen LogP contribution is 2.29. The van der Waals surface area contributed by atoms with E-state index in [1.54, 1.807) is 30.5 Å². The number of rotatable bonds is 4. The summed E-state index contributed by atoms with van der Waals surface area (Å²) in [6.45, 7) is 0. The first kappa shape index (κ1) is 16.7. The molecule has 1 saturated carbocycles. The molecule has 1 aliphatic carbocycles. The van der Waals surface area contributed by atoms with Gasteiger partial charge < -0.3 is 10.3 Å². The summed E-state index contributed by atoms with van der Waals surface area (Å²) in [7, 11) is 0. The lowest BCUT2D eigenvalue weighted by molar-refractivity contribution is -0.120. The first-order valence-corrected chi connectivity index (χ1v) is 8.91. The number of hydrogen-bond acceptors (Lipinski definition) is 5. The number of anilines is 1. The van der Waals surface area contributed by atoms with Crippen LogP contribution in [-0.4, -0.2) is 32.6 Å². The first-order valence-electron chi connectivity index (χ1n) is 8.53. The smallest absolute Gasteiger partial charge is 0.196 e. The van der Waals surface area contributed by atoms with Gasteiger partial charge in [-0.1, -0.05) is 23.7 Å². The van der Waals surface area contributed by atoms with Crippen molar-refractivity contribution in [3.05, 3.63) is 52.9 Å². The SMILES string of the molecule is O=C1CCC(Nc2ncnc3[nH]cc(C(=O)c4ccccc4Cl)c23)CC1. The van der Waals surface area contributed by atoms with Crippen LogP contribution in [0.2, 0.25) is 5.02 Å². The van der Waals surface area contributed by atoms with Gasteiger partial charge in [0.15, 0.2) is 5.78 Å². The molecule has 0 amide bonds. The molecule has 0 unspecified atom stereocenters. The minimum absolute atomic E-state index is 0.156. The van der Waals surface area contributed by atoms with Crippen molar-refractivity contribution in [3.8, 4) is 0 Å². The Balaban J connectivity index is 1.72. The molecule has 2 N–H and O–H groups in total. The number of nitrogens with one attached hydrogen (secondary N) is 2. The molecule has 0 saturated heterocycles. The molecule has 2 heterocycles. The van der Waals surface area contributed by atoms with E-state index in [0.29, 0.717) is 51.6 Å². The highest BCUT2D eigenvalue weighted by atomic mass is 35.5. The van der Waals surface area contributed by atoms with Crippen molar-refractivity contribution in [2.75, 3.05) is 5.32 Å². The monoisotopic (exact) mass is 368 g/mol. The van der Waals surface area contributed by atoms with Gasteiger partial charge in [0, 0.05) is 30.6 Å². The standard InChI is InChI=1S/C19H17ClN4O2/c20-15-4-2-1-3-13(15)17(26)14-9-21-18-16(14)19(23-10-22-18)24-11-5-7-12(25)8-6-11/h1-4,9-11H,5-8H2,(H2,21,22,23,24). The number of ketones is 2. The van der Waals surface area contributed by atoms with Crippen LogP contribution in [-0.2, 0) is 4.79 Å². The van der Waals surface area contributed by atoms with Crippen LogP contribution >= 0.6 is 11.6 Å². The van der Waals surface area contributed by atoms with Crippen molar-refractivity contribution in [2.24, 2.45) is 0 Å². The second-order valence-corrected chi connectivity index (χ2v) is 6.82. The number of benzene rings is 1. The summed E-state index contributed by atoms with van der Waals surface area (Å²) >= 11 is 6.19. The zero-order valence-corrected chi connectivity index (χ0v) is 14.7. The third-order valence-electron chi connectivity index (χ3n) is 4.72. The number of carbonyl (C=O) groups is 2. The summed E-state index contributed by atoms with van der Waals surface area (Å²) in [6.07, 6.45) is 5.78. The summed E-state index contributed by atoms with van der Waals surface area (Å²) < 4.78 is 0. The van der Waals surface area contributed by atoms with Crippen molar-refractivity contribution in [1.29, 1.82) is 0 Å². The molecule has 0 spiro atoms. The van der Waals surface area contributed by atoms with Crippen LogP contribution in [0.3, 0.4) is 0 Å². The Morgan fingerprint density at radius 3 is 2.69 bits per heavy atom. The lowest BCUT2D eigenvalue weighted by Gasteiger charge is -2.23. The summed E-state index contributed by atoms with van der Waals surface area (Å²) in [4.78, 5) is 36.0. The van der Waals surface area contributed by atoms with Gasteiger partial charge in [0.05, 0.1) is 16.0 Å². The second kappa shape index (κ2) is 6.88. The van der Waals surface area contributed by atoms with Crippen molar-refractivity contribution >= 4 is 40.0 Å². The van der Waals surface area contributed by atoms with E-state index in [2.05, 4.69) is 20.3 Å². The van der Waals surface area contributed by atoms with Crippen LogP contribution in [0.5, 0.6) is 0 Å².